The van der Waals surface area contributed by atoms with Crippen LogP contribution in [0.2, 0.25) is 0 Å². The van der Waals surface area contributed by atoms with Crippen molar-refractivity contribution in [2.45, 2.75) is 6.92 Å². The van der Waals surface area contributed by atoms with Gasteiger partial charge in [0.25, 0.3) is 0 Å². The Morgan fingerprint density at radius 3 is 2.06 bits per heavy atom. The largest absolute Gasteiger partial charge is 0.465 e. The molecule has 2 rings (SSSR count). The minimum absolute atomic E-state index is 0. The fourth-order valence-corrected chi connectivity index (χ4v) is 1.78. The van der Waals surface area contributed by atoms with Crippen molar-refractivity contribution in [3.63, 3.8) is 0 Å². The second-order valence-corrected chi connectivity index (χ2v) is 3.46. The van der Waals surface area contributed by atoms with E-state index in [1.807, 2.05) is 0 Å². The van der Waals surface area contributed by atoms with E-state index in [0.717, 1.165) is 0 Å². The Hall–Kier alpha value is -0.970. The number of carbonyl (C=O) groups excluding carboxylic acids is 3. The van der Waals surface area contributed by atoms with E-state index in [-0.39, 0.29) is 36.2 Å². The first-order valence-electron chi connectivity index (χ1n) is 5.01. The number of benzene rings is 1. The number of hydrogen-bond donors (Lipinski definition) is 0. The smallest absolute Gasteiger partial charge is 0.324 e. The van der Waals surface area contributed by atoms with Crippen molar-refractivity contribution >= 4 is 47.1 Å². The van der Waals surface area contributed by atoms with Crippen LogP contribution in [0.5, 0.6) is 0 Å². The summed E-state index contributed by atoms with van der Waals surface area (Å²) in [7, 11) is 0. The van der Waals surface area contributed by atoms with Crippen LogP contribution in [0.15, 0.2) is 24.3 Å². The molecule has 0 N–H and O–H groups in total. The zero-order chi connectivity index (χ0) is 11.7. The Kier molecular flexibility index (Phi) is 4.62. The zero-order valence-corrected chi connectivity index (χ0v) is 11.7. The maximum atomic E-state index is 11.8. The van der Waals surface area contributed by atoms with Crippen LogP contribution in [0.25, 0.3) is 0 Å². The maximum Gasteiger partial charge on any atom is 0.324 e. The molecule has 4 nitrogen and oxygen atoms in total. The number of Topliss-reactive ketones (excluding diaryl/α,β-unsaturated/α-hetero) is 2. The van der Waals surface area contributed by atoms with E-state index >= 15 is 0 Å². The van der Waals surface area contributed by atoms with Gasteiger partial charge in [0, 0.05) is 40.7 Å². The molecule has 1 aromatic rings. The Morgan fingerprint density at radius 2 is 1.65 bits per heavy atom. The van der Waals surface area contributed by atoms with Crippen LogP contribution in [0, 0.1) is 5.92 Å². The standard InChI is InChI=1S/C12H10O4.Na/c1-2-16-12(15)9-10(13)7-5-3-4-6-8(7)11(9)14;/h3-6,9H,2H2,1H3;. The monoisotopic (exact) mass is 241 g/mol. The van der Waals surface area contributed by atoms with Crippen molar-refractivity contribution in [3.8, 4) is 0 Å². The Bertz CT molecular complexity index is 446. The van der Waals surface area contributed by atoms with Crippen molar-refractivity contribution in [2.24, 2.45) is 5.92 Å². The SMILES string of the molecule is CCOC(=O)C1C(=O)c2ccccc2C1=O.[Na]. The first-order chi connectivity index (χ1) is 7.66. The third kappa shape index (κ3) is 2.34. The molecule has 0 fully saturated rings. The van der Waals surface area contributed by atoms with Crippen LogP contribution >= 0.6 is 0 Å². The normalized spacial score (nSPS) is 14.2. The van der Waals surface area contributed by atoms with Crippen molar-refractivity contribution < 1.29 is 19.1 Å². The Morgan fingerprint density at radius 1 is 1.18 bits per heavy atom. The van der Waals surface area contributed by atoms with Crippen LogP contribution in [-0.4, -0.2) is 53.7 Å². The molecule has 0 saturated carbocycles. The van der Waals surface area contributed by atoms with Crippen LogP contribution in [-0.2, 0) is 9.53 Å². The minimum atomic E-state index is -1.29. The van der Waals surface area contributed by atoms with Gasteiger partial charge >= 0.3 is 5.97 Å². The molecule has 83 valence electrons. The molecule has 0 unspecified atom stereocenters. The van der Waals surface area contributed by atoms with E-state index in [1.54, 1.807) is 31.2 Å². The summed E-state index contributed by atoms with van der Waals surface area (Å²) in [6, 6.07) is 6.43. The van der Waals surface area contributed by atoms with E-state index in [1.165, 1.54) is 0 Å². The van der Waals surface area contributed by atoms with E-state index in [0.29, 0.717) is 11.1 Å². The van der Waals surface area contributed by atoms with Crippen LogP contribution < -0.4 is 0 Å². The van der Waals surface area contributed by atoms with Crippen molar-refractivity contribution in [3.05, 3.63) is 35.4 Å². The molecule has 0 atom stereocenters. The van der Waals surface area contributed by atoms with Gasteiger partial charge in [0.15, 0.2) is 17.5 Å². The number of esters is 1. The second-order valence-electron chi connectivity index (χ2n) is 3.46. The molecule has 1 aliphatic rings. The summed E-state index contributed by atoms with van der Waals surface area (Å²) >= 11 is 0. The first-order valence-corrected chi connectivity index (χ1v) is 5.01. The minimum Gasteiger partial charge on any atom is -0.465 e. The molecular weight excluding hydrogens is 231 g/mol. The maximum absolute atomic E-state index is 11.8. The van der Waals surface area contributed by atoms with Gasteiger partial charge in [-0.2, -0.15) is 0 Å². The predicted octanol–water partition coefficient (Wildman–Crippen LogP) is 0.864. The van der Waals surface area contributed by atoms with Crippen molar-refractivity contribution in [2.75, 3.05) is 6.61 Å². The fourth-order valence-electron chi connectivity index (χ4n) is 1.78. The summed E-state index contributed by atoms with van der Waals surface area (Å²) in [6.07, 6.45) is 0. The summed E-state index contributed by atoms with van der Waals surface area (Å²) in [6.45, 7) is 1.79. The number of hydrogen-bond acceptors (Lipinski definition) is 4. The number of ketones is 2. The summed E-state index contributed by atoms with van der Waals surface area (Å²) in [5.41, 5.74) is 0.621. The van der Waals surface area contributed by atoms with Gasteiger partial charge in [0.1, 0.15) is 0 Å². The third-order valence-corrected chi connectivity index (χ3v) is 2.50. The van der Waals surface area contributed by atoms with Gasteiger partial charge in [-0.05, 0) is 6.92 Å². The number of ether oxygens (including phenoxy) is 1. The van der Waals surface area contributed by atoms with E-state index in [2.05, 4.69) is 0 Å². The average Bonchev–Trinajstić information content (AvgIpc) is 2.53. The van der Waals surface area contributed by atoms with Gasteiger partial charge in [0.2, 0.25) is 0 Å². The molecule has 0 amide bonds. The Labute approximate surface area is 121 Å². The molecular formula is C12H10NaO4. The molecule has 1 aromatic carbocycles. The first kappa shape index (κ1) is 14.1. The molecule has 5 heteroatoms. The molecule has 0 aliphatic heterocycles. The van der Waals surface area contributed by atoms with Gasteiger partial charge < -0.3 is 4.74 Å². The van der Waals surface area contributed by atoms with Crippen molar-refractivity contribution in [1.29, 1.82) is 0 Å². The van der Waals surface area contributed by atoms with Gasteiger partial charge in [-0.3, -0.25) is 14.4 Å². The van der Waals surface area contributed by atoms with E-state index < -0.39 is 23.5 Å². The zero-order valence-electron chi connectivity index (χ0n) is 9.73. The molecule has 1 aliphatic carbocycles. The van der Waals surface area contributed by atoms with Crippen LogP contribution in [0.4, 0.5) is 0 Å². The quantitative estimate of drug-likeness (QED) is 0.438. The fraction of sp³-hybridized carbons (Fsp3) is 0.250. The summed E-state index contributed by atoms with van der Waals surface area (Å²) < 4.78 is 4.72. The summed E-state index contributed by atoms with van der Waals surface area (Å²) in [5, 5.41) is 0. The molecule has 0 saturated heterocycles. The number of rotatable bonds is 2. The third-order valence-electron chi connectivity index (χ3n) is 2.50. The molecule has 0 aromatic heterocycles. The summed E-state index contributed by atoms with van der Waals surface area (Å²) in [5.74, 6) is -2.97. The molecule has 1 radical (unpaired) electrons. The second kappa shape index (κ2) is 5.58. The van der Waals surface area contributed by atoms with Gasteiger partial charge in [-0.15, -0.1) is 0 Å². The van der Waals surface area contributed by atoms with E-state index in [9.17, 15) is 14.4 Å². The molecule has 17 heavy (non-hydrogen) atoms. The summed E-state index contributed by atoms with van der Waals surface area (Å²) in [4.78, 5) is 35.1. The van der Waals surface area contributed by atoms with Gasteiger partial charge in [0.05, 0.1) is 6.61 Å². The van der Waals surface area contributed by atoms with Gasteiger partial charge in [-0.1, -0.05) is 24.3 Å². The van der Waals surface area contributed by atoms with Gasteiger partial charge in [-0.25, -0.2) is 0 Å². The molecule has 0 heterocycles. The van der Waals surface area contributed by atoms with E-state index in [4.69, 9.17) is 4.74 Å². The average molecular weight is 241 g/mol. The number of fused-ring (bicyclic) bond motifs is 1. The van der Waals surface area contributed by atoms with Crippen molar-refractivity contribution in [1.82, 2.24) is 0 Å². The number of carbonyl (C=O) groups is 3. The Balaban J connectivity index is 0.00000144. The topological polar surface area (TPSA) is 60.4 Å². The predicted molar refractivity (Wildman–Crippen MR) is 61.0 cm³/mol. The molecule has 0 bridgehead atoms. The van der Waals surface area contributed by atoms with Crippen LogP contribution in [0.1, 0.15) is 27.6 Å². The molecule has 0 spiro atoms. The van der Waals surface area contributed by atoms with Crippen LogP contribution in [0.3, 0.4) is 0 Å².